The molecule has 0 saturated carbocycles. The lowest BCUT2D eigenvalue weighted by Crippen LogP contribution is -2.11. The molecule has 1 atom stereocenters. The molecule has 2 nitrogen and oxygen atoms in total. The molecular weight excluding hydrogens is 138 g/mol. The van der Waals surface area contributed by atoms with E-state index in [9.17, 15) is 0 Å². The predicted molar refractivity (Wildman–Crippen MR) is 46.7 cm³/mol. The van der Waals surface area contributed by atoms with Gasteiger partial charge in [-0.1, -0.05) is 11.6 Å². The standard InChI is InChI=1S/C9H17NO/c1-8(7-10-2)6-9-4-3-5-11-9/h6,9-10H,3-5,7H2,1-2H3/b8-6+. The molecule has 11 heavy (non-hydrogen) atoms. The fraction of sp³-hybridized carbons (Fsp3) is 0.778. The number of hydrogen-bond donors (Lipinski definition) is 1. The van der Waals surface area contributed by atoms with Gasteiger partial charge in [0.1, 0.15) is 0 Å². The highest BCUT2D eigenvalue weighted by Gasteiger charge is 2.11. The van der Waals surface area contributed by atoms with Crippen LogP contribution in [0.15, 0.2) is 11.6 Å². The van der Waals surface area contributed by atoms with Crippen LogP contribution in [0.25, 0.3) is 0 Å². The molecule has 0 aromatic heterocycles. The summed E-state index contributed by atoms with van der Waals surface area (Å²) in [6.07, 6.45) is 5.03. The Morgan fingerprint density at radius 3 is 3.09 bits per heavy atom. The van der Waals surface area contributed by atoms with E-state index in [0.29, 0.717) is 6.10 Å². The fourth-order valence-electron chi connectivity index (χ4n) is 1.39. The van der Waals surface area contributed by atoms with E-state index in [0.717, 1.165) is 13.2 Å². The maximum atomic E-state index is 5.47. The van der Waals surface area contributed by atoms with Gasteiger partial charge >= 0.3 is 0 Å². The van der Waals surface area contributed by atoms with Crippen LogP contribution in [0.3, 0.4) is 0 Å². The Hall–Kier alpha value is -0.340. The average Bonchev–Trinajstić information content (AvgIpc) is 2.40. The quantitative estimate of drug-likeness (QED) is 0.621. The van der Waals surface area contributed by atoms with E-state index in [1.165, 1.54) is 18.4 Å². The highest BCUT2D eigenvalue weighted by atomic mass is 16.5. The van der Waals surface area contributed by atoms with Gasteiger partial charge in [0.05, 0.1) is 6.10 Å². The molecule has 1 aliphatic rings. The zero-order chi connectivity index (χ0) is 8.10. The second-order valence-electron chi connectivity index (χ2n) is 3.09. The summed E-state index contributed by atoms with van der Waals surface area (Å²) >= 11 is 0. The first kappa shape index (κ1) is 8.75. The van der Waals surface area contributed by atoms with Crippen molar-refractivity contribution >= 4 is 0 Å². The minimum Gasteiger partial charge on any atom is -0.374 e. The summed E-state index contributed by atoms with van der Waals surface area (Å²) in [5.41, 5.74) is 1.37. The van der Waals surface area contributed by atoms with Crippen LogP contribution in [0.2, 0.25) is 0 Å². The highest BCUT2D eigenvalue weighted by Crippen LogP contribution is 2.14. The molecule has 0 aliphatic carbocycles. The Bertz CT molecular complexity index is 136. The van der Waals surface area contributed by atoms with Gasteiger partial charge in [0, 0.05) is 13.2 Å². The molecule has 0 radical (unpaired) electrons. The van der Waals surface area contributed by atoms with Crippen LogP contribution in [-0.4, -0.2) is 26.3 Å². The van der Waals surface area contributed by atoms with Gasteiger partial charge in [0.15, 0.2) is 0 Å². The van der Waals surface area contributed by atoms with Gasteiger partial charge in [-0.25, -0.2) is 0 Å². The van der Waals surface area contributed by atoms with Crippen LogP contribution < -0.4 is 5.32 Å². The van der Waals surface area contributed by atoms with Gasteiger partial charge in [0.25, 0.3) is 0 Å². The van der Waals surface area contributed by atoms with Gasteiger partial charge in [0.2, 0.25) is 0 Å². The lowest BCUT2D eigenvalue weighted by atomic mass is 10.1. The van der Waals surface area contributed by atoms with Crippen molar-refractivity contribution in [2.24, 2.45) is 0 Å². The van der Waals surface area contributed by atoms with E-state index >= 15 is 0 Å². The smallest absolute Gasteiger partial charge is 0.0759 e. The largest absolute Gasteiger partial charge is 0.374 e. The number of nitrogens with one attached hydrogen (secondary N) is 1. The Morgan fingerprint density at radius 1 is 1.73 bits per heavy atom. The molecule has 1 unspecified atom stereocenters. The van der Waals surface area contributed by atoms with Crippen LogP contribution in [0.5, 0.6) is 0 Å². The third kappa shape index (κ3) is 3.04. The monoisotopic (exact) mass is 155 g/mol. The van der Waals surface area contributed by atoms with Gasteiger partial charge in [-0.2, -0.15) is 0 Å². The van der Waals surface area contributed by atoms with E-state index in [4.69, 9.17) is 4.74 Å². The van der Waals surface area contributed by atoms with E-state index in [2.05, 4.69) is 18.3 Å². The summed E-state index contributed by atoms with van der Waals surface area (Å²) in [5.74, 6) is 0. The SMILES string of the molecule is CNC/C(C)=C/C1CCCO1. The van der Waals surface area contributed by atoms with Crippen molar-refractivity contribution in [3.8, 4) is 0 Å². The Labute approximate surface area is 68.6 Å². The van der Waals surface area contributed by atoms with Gasteiger partial charge in [-0.15, -0.1) is 0 Å². The third-order valence-corrected chi connectivity index (χ3v) is 1.89. The van der Waals surface area contributed by atoms with Crippen LogP contribution in [0.1, 0.15) is 19.8 Å². The number of rotatable bonds is 3. The Morgan fingerprint density at radius 2 is 2.55 bits per heavy atom. The van der Waals surface area contributed by atoms with E-state index in [1.807, 2.05) is 7.05 Å². The molecule has 1 aliphatic heterocycles. The summed E-state index contributed by atoms with van der Waals surface area (Å²) in [6.45, 7) is 4.05. The summed E-state index contributed by atoms with van der Waals surface area (Å²) in [5, 5.41) is 3.12. The normalized spacial score (nSPS) is 26.0. The highest BCUT2D eigenvalue weighted by molar-refractivity contribution is 5.04. The Balaban J connectivity index is 2.30. The predicted octanol–water partition coefficient (Wildman–Crippen LogP) is 1.33. The zero-order valence-corrected chi connectivity index (χ0v) is 7.39. The van der Waals surface area contributed by atoms with Gasteiger partial charge in [-0.3, -0.25) is 0 Å². The lowest BCUT2D eigenvalue weighted by Gasteiger charge is -2.05. The molecule has 64 valence electrons. The molecule has 1 heterocycles. The van der Waals surface area contributed by atoms with E-state index in [1.54, 1.807) is 0 Å². The van der Waals surface area contributed by atoms with E-state index < -0.39 is 0 Å². The molecule has 1 saturated heterocycles. The summed E-state index contributed by atoms with van der Waals surface area (Å²) in [4.78, 5) is 0. The molecule has 0 amide bonds. The van der Waals surface area contributed by atoms with Crippen molar-refractivity contribution in [2.75, 3.05) is 20.2 Å². The lowest BCUT2D eigenvalue weighted by molar-refractivity contribution is 0.145. The van der Waals surface area contributed by atoms with Crippen LogP contribution in [0, 0.1) is 0 Å². The first-order chi connectivity index (χ1) is 5.33. The fourth-order valence-corrected chi connectivity index (χ4v) is 1.39. The minimum absolute atomic E-state index is 0.392. The van der Waals surface area contributed by atoms with Crippen molar-refractivity contribution < 1.29 is 4.74 Å². The van der Waals surface area contributed by atoms with Crippen molar-refractivity contribution in [1.82, 2.24) is 5.32 Å². The zero-order valence-electron chi connectivity index (χ0n) is 7.39. The van der Waals surface area contributed by atoms with Crippen molar-refractivity contribution in [3.63, 3.8) is 0 Å². The van der Waals surface area contributed by atoms with E-state index in [-0.39, 0.29) is 0 Å². The Kier molecular flexibility index (Phi) is 3.60. The van der Waals surface area contributed by atoms with Gasteiger partial charge < -0.3 is 10.1 Å². The first-order valence-corrected chi connectivity index (χ1v) is 4.26. The number of ether oxygens (including phenoxy) is 1. The summed E-state index contributed by atoms with van der Waals surface area (Å²) < 4.78 is 5.47. The summed E-state index contributed by atoms with van der Waals surface area (Å²) in [6, 6.07) is 0. The molecule has 0 bridgehead atoms. The molecule has 0 aromatic rings. The maximum absolute atomic E-state index is 5.47. The second kappa shape index (κ2) is 4.52. The van der Waals surface area contributed by atoms with Crippen LogP contribution in [-0.2, 0) is 4.74 Å². The molecule has 2 heteroatoms. The second-order valence-corrected chi connectivity index (χ2v) is 3.09. The molecule has 1 N–H and O–H groups in total. The van der Waals surface area contributed by atoms with Crippen LogP contribution in [0.4, 0.5) is 0 Å². The summed E-state index contributed by atoms with van der Waals surface area (Å²) in [7, 11) is 1.97. The van der Waals surface area contributed by atoms with Crippen molar-refractivity contribution in [2.45, 2.75) is 25.9 Å². The molecule has 0 aromatic carbocycles. The molecule has 1 rings (SSSR count). The molecule has 0 spiro atoms. The first-order valence-electron chi connectivity index (χ1n) is 4.26. The molecular formula is C9H17NO. The number of hydrogen-bond acceptors (Lipinski definition) is 2. The topological polar surface area (TPSA) is 21.3 Å². The molecule has 1 fully saturated rings. The third-order valence-electron chi connectivity index (χ3n) is 1.89. The number of likely N-dealkylation sites (N-methyl/N-ethyl adjacent to an activating group) is 1. The van der Waals surface area contributed by atoms with Gasteiger partial charge in [-0.05, 0) is 26.8 Å². The van der Waals surface area contributed by atoms with Crippen LogP contribution >= 0.6 is 0 Å². The van der Waals surface area contributed by atoms with Crippen molar-refractivity contribution in [1.29, 1.82) is 0 Å². The van der Waals surface area contributed by atoms with Crippen molar-refractivity contribution in [3.05, 3.63) is 11.6 Å². The minimum atomic E-state index is 0.392. The average molecular weight is 155 g/mol. The maximum Gasteiger partial charge on any atom is 0.0759 e.